The van der Waals surface area contributed by atoms with Crippen molar-refractivity contribution < 1.29 is 9.90 Å². The minimum atomic E-state index is -0.790. The highest BCUT2D eigenvalue weighted by Gasteiger charge is 2.19. The zero-order valence-corrected chi connectivity index (χ0v) is 11.5. The van der Waals surface area contributed by atoms with Crippen molar-refractivity contribution in [3.05, 3.63) is 72.2 Å². The van der Waals surface area contributed by atoms with Gasteiger partial charge < -0.3 is 9.51 Å². The summed E-state index contributed by atoms with van der Waals surface area (Å²) in [5, 5.41) is 9.20. The second-order valence-corrected chi connectivity index (χ2v) is 5.10. The van der Waals surface area contributed by atoms with Gasteiger partial charge >= 0.3 is 5.97 Å². The summed E-state index contributed by atoms with van der Waals surface area (Å²) in [6.45, 7) is 0. The SMILES string of the molecule is O=C(O)CC(Cc1ccccc1)c1cnc2ccccn12. The van der Waals surface area contributed by atoms with Crippen molar-refractivity contribution in [3.8, 4) is 0 Å². The van der Waals surface area contributed by atoms with Gasteiger partial charge in [-0.1, -0.05) is 36.4 Å². The monoisotopic (exact) mass is 280 g/mol. The molecule has 0 fully saturated rings. The van der Waals surface area contributed by atoms with Gasteiger partial charge in [-0.25, -0.2) is 4.98 Å². The van der Waals surface area contributed by atoms with E-state index >= 15 is 0 Å². The van der Waals surface area contributed by atoms with E-state index in [-0.39, 0.29) is 12.3 Å². The van der Waals surface area contributed by atoms with Gasteiger partial charge in [0.05, 0.1) is 6.42 Å². The lowest BCUT2D eigenvalue weighted by Crippen LogP contribution is -2.11. The Hall–Kier alpha value is -2.62. The predicted molar refractivity (Wildman–Crippen MR) is 80.3 cm³/mol. The number of hydrogen-bond donors (Lipinski definition) is 1. The molecule has 1 unspecified atom stereocenters. The van der Waals surface area contributed by atoms with Crippen LogP contribution < -0.4 is 0 Å². The molecule has 0 spiro atoms. The quantitative estimate of drug-likeness (QED) is 0.781. The van der Waals surface area contributed by atoms with Crippen molar-refractivity contribution in [1.29, 1.82) is 0 Å². The molecule has 1 atom stereocenters. The maximum Gasteiger partial charge on any atom is 0.304 e. The summed E-state index contributed by atoms with van der Waals surface area (Å²) in [5.74, 6) is -0.885. The van der Waals surface area contributed by atoms with Crippen LogP contribution in [0.3, 0.4) is 0 Å². The Morgan fingerprint density at radius 1 is 1.14 bits per heavy atom. The van der Waals surface area contributed by atoms with Gasteiger partial charge in [0.2, 0.25) is 0 Å². The highest BCUT2D eigenvalue weighted by Crippen LogP contribution is 2.25. The summed E-state index contributed by atoms with van der Waals surface area (Å²) in [4.78, 5) is 15.6. The Morgan fingerprint density at radius 3 is 2.67 bits per heavy atom. The van der Waals surface area contributed by atoms with E-state index in [1.807, 2.05) is 59.1 Å². The molecule has 21 heavy (non-hydrogen) atoms. The lowest BCUT2D eigenvalue weighted by atomic mass is 9.93. The molecule has 3 rings (SSSR count). The van der Waals surface area contributed by atoms with Crippen molar-refractivity contribution in [2.75, 3.05) is 0 Å². The maximum absolute atomic E-state index is 11.2. The number of benzene rings is 1. The zero-order valence-electron chi connectivity index (χ0n) is 11.5. The van der Waals surface area contributed by atoms with Gasteiger partial charge in [0.25, 0.3) is 0 Å². The molecule has 0 amide bonds. The second-order valence-electron chi connectivity index (χ2n) is 5.10. The van der Waals surface area contributed by atoms with E-state index < -0.39 is 5.97 Å². The highest BCUT2D eigenvalue weighted by molar-refractivity contribution is 5.68. The number of imidazole rings is 1. The lowest BCUT2D eigenvalue weighted by Gasteiger charge is -2.15. The van der Waals surface area contributed by atoms with Crippen LogP contribution in [0.2, 0.25) is 0 Å². The number of carboxylic acid groups (broad SMARTS) is 1. The van der Waals surface area contributed by atoms with Gasteiger partial charge in [0.1, 0.15) is 5.65 Å². The first-order valence-corrected chi connectivity index (χ1v) is 6.92. The molecule has 1 aromatic carbocycles. The van der Waals surface area contributed by atoms with Crippen molar-refractivity contribution in [1.82, 2.24) is 9.38 Å². The molecule has 0 saturated carbocycles. The molecule has 0 bridgehead atoms. The number of hydrogen-bond acceptors (Lipinski definition) is 2. The third kappa shape index (κ3) is 2.94. The van der Waals surface area contributed by atoms with Crippen LogP contribution in [0.15, 0.2) is 60.9 Å². The highest BCUT2D eigenvalue weighted by atomic mass is 16.4. The lowest BCUT2D eigenvalue weighted by molar-refractivity contribution is -0.137. The molecule has 3 aromatic rings. The third-order valence-corrected chi connectivity index (χ3v) is 3.61. The Morgan fingerprint density at radius 2 is 1.90 bits per heavy atom. The van der Waals surface area contributed by atoms with E-state index in [0.717, 1.165) is 16.9 Å². The van der Waals surface area contributed by atoms with Crippen LogP contribution in [0, 0.1) is 0 Å². The Labute approximate surface area is 122 Å². The number of rotatable bonds is 5. The molecule has 0 aliphatic heterocycles. The third-order valence-electron chi connectivity index (χ3n) is 3.61. The molecule has 0 radical (unpaired) electrons. The zero-order chi connectivity index (χ0) is 14.7. The molecular formula is C17H16N2O2. The summed E-state index contributed by atoms with van der Waals surface area (Å²) in [7, 11) is 0. The van der Waals surface area contributed by atoms with Gasteiger partial charge in [-0.05, 0) is 24.1 Å². The maximum atomic E-state index is 11.2. The molecule has 0 aliphatic rings. The minimum absolute atomic E-state index is 0.0948. The number of nitrogens with zero attached hydrogens (tertiary/aromatic N) is 2. The van der Waals surface area contributed by atoms with E-state index in [4.69, 9.17) is 0 Å². The average Bonchev–Trinajstić information content (AvgIpc) is 2.91. The first kappa shape index (κ1) is 13.4. The number of aromatic nitrogens is 2. The van der Waals surface area contributed by atoms with Crippen molar-refractivity contribution >= 4 is 11.6 Å². The van der Waals surface area contributed by atoms with E-state index in [1.54, 1.807) is 6.20 Å². The molecule has 4 nitrogen and oxygen atoms in total. The number of fused-ring (bicyclic) bond motifs is 1. The fraction of sp³-hybridized carbons (Fsp3) is 0.176. The van der Waals surface area contributed by atoms with Crippen molar-refractivity contribution in [2.24, 2.45) is 0 Å². The molecule has 0 aliphatic carbocycles. The van der Waals surface area contributed by atoms with Crippen LogP contribution in [-0.2, 0) is 11.2 Å². The summed E-state index contributed by atoms with van der Waals surface area (Å²) in [6, 6.07) is 15.7. The largest absolute Gasteiger partial charge is 0.481 e. The predicted octanol–water partition coefficient (Wildman–Crippen LogP) is 3.14. The van der Waals surface area contributed by atoms with E-state index in [0.29, 0.717) is 6.42 Å². The first-order valence-electron chi connectivity index (χ1n) is 6.92. The van der Waals surface area contributed by atoms with Gasteiger partial charge in [-0.15, -0.1) is 0 Å². The van der Waals surface area contributed by atoms with Crippen molar-refractivity contribution in [3.63, 3.8) is 0 Å². The average molecular weight is 280 g/mol. The van der Waals surface area contributed by atoms with Crippen LogP contribution in [-0.4, -0.2) is 20.5 Å². The molecular weight excluding hydrogens is 264 g/mol. The minimum Gasteiger partial charge on any atom is -0.481 e. The van der Waals surface area contributed by atoms with Gasteiger partial charge in [-0.2, -0.15) is 0 Å². The van der Waals surface area contributed by atoms with Gasteiger partial charge in [0.15, 0.2) is 0 Å². The molecule has 1 N–H and O–H groups in total. The molecule has 0 saturated heterocycles. The smallest absolute Gasteiger partial charge is 0.304 e. The number of carbonyl (C=O) groups is 1. The summed E-state index contributed by atoms with van der Waals surface area (Å²) < 4.78 is 1.97. The van der Waals surface area contributed by atoms with Crippen LogP contribution in [0.5, 0.6) is 0 Å². The number of carboxylic acids is 1. The second kappa shape index (κ2) is 5.79. The topological polar surface area (TPSA) is 54.6 Å². The summed E-state index contributed by atoms with van der Waals surface area (Å²) >= 11 is 0. The summed E-state index contributed by atoms with van der Waals surface area (Å²) in [5.41, 5.74) is 2.92. The van der Waals surface area contributed by atoms with Crippen LogP contribution in [0.25, 0.3) is 5.65 Å². The van der Waals surface area contributed by atoms with E-state index in [9.17, 15) is 9.90 Å². The summed E-state index contributed by atoms with van der Waals surface area (Å²) in [6.07, 6.45) is 4.50. The van der Waals surface area contributed by atoms with Gasteiger partial charge in [0, 0.05) is 24.0 Å². The molecule has 2 heterocycles. The molecule has 4 heteroatoms. The Kier molecular flexibility index (Phi) is 3.69. The van der Waals surface area contributed by atoms with Crippen molar-refractivity contribution in [2.45, 2.75) is 18.8 Å². The van der Waals surface area contributed by atoms with Crippen LogP contribution in [0.4, 0.5) is 0 Å². The number of pyridine rings is 1. The molecule has 2 aromatic heterocycles. The first-order chi connectivity index (χ1) is 10.2. The molecule has 106 valence electrons. The van der Waals surface area contributed by atoms with Gasteiger partial charge in [-0.3, -0.25) is 4.79 Å². The Balaban J connectivity index is 1.97. The van der Waals surface area contributed by atoms with E-state index in [1.165, 1.54) is 0 Å². The fourth-order valence-electron chi connectivity index (χ4n) is 2.64. The van der Waals surface area contributed by atoms with E-state index in [2.05, 4.69) is 4.98 Å². The fourth-order valence-corrected chi connectivity index (χ4v) is 2.64. The van der Waals surface area contributed by atoms with Crippen LogP contribution >= 0.6 is 0 Å². The number of aliphatic carboxylic acids is 1. The normalized spacial score (nSPS) is 12.4. The standard InChI is InChI=1S/C17H16N2O2/c20-17(21)11-14(10-13-6-2-1-3-7-13)15-12-18-16-8-4-5-9-19(15)16/h1-9,12,14H,10-11H2,(H,20,21). The Bertz CT molecular complexity index is 750. The van der Waals surface area contributed by atoms with Crippen LogP contribution in [0.1, 0.15) is 23.6 Å².